The van der Waals surface area contributed by atoms with Gasteiger partial charge in [-0.05, 0) is 24.6 Å². The predicted molar refractivity (Wildman–Crippen MR) is 99.8 cm³/mol. The number of nitrogens with zero attached hydrogens (tertiary/aromatic N) is 2. The van der Waals surface area contributed by atoms with Crippen molar-refractivity contribution in [2.75, 3.05) is 10.6 Å². The lowest BCUT2D eigenvalue weighted by Gasteiger charge is -2.12. The minimum atomic E-state index is -0.372. The minimum absolute atomic E-state index is 0.0368. The van der Waals surface area contributed by atoms with Crippen molar-refractivity contribution in [3.63, 3.8) is 0 Å². The van der Waals surface area contributed by atoms with Gasteiger partial charge in [0.15, 0.2) is 17.2 Å². The number of carbonyl (C=O) groups is 2. The van der Waals surface area contributed by atoms with E-state index >= 15 is 0 Å². The van der Waals surface area contributed by atoms with E-state index in [1.165, 1.54) is 17.7 Å². The van der Waals surface area contributed by atoms with Gasteiger partial charge in [-0.15, -0.1) is 11.3 Å². The topological polar surface area (TPSA) is 97.1 Å². The molecule has 2 heterocycles. The molecule has 3 aromatic rings. The third-order valence-electron chi connectivity index (χ3n) is 3.81. The van der Waals surface area contributed by atoms with Crippen LogP contribution in [0.4, 0.5) is 10.8 Å². The van der Waals surface area contributed by atoms with Crippen molar-refractivity contribution in [1.82, 2.24) is 9.97 Å². The van der Waals surface area contributed by atoms with E-state index in [1.54, 1.807) is 36.7 Å². The number of nitrogens with one attached hydrogen (secondary N) is 2. The highest BCUT2D eigenvalue weighted by Crippen LogP contribution is 2.23. The van der Waals surface area contributed by atoms with Crippen molar-refractivity contribution in [3.05, 3.63) is 58.8 Å². The fraction of sp³-hybridized carbons (Fsp3) is 0.222. The molecule has 3 rings (SSSR count). The zero-order valence-electron chi connectivity index (χ0n) is 14.6. The molecule has 0 fully saturated rings. The average molecular weight is 370 g/mol. The van der Waals surface area contributed by atoms with E-state index in [0.717, 1.165) is 0 Å². The summed E-state index contributed by atoms with van der Waals surface area (Å²) < 4.78 is 5.29. The van der Waals surface area contributed by atoms with Crippen LogP contribution in [0, 0.1) is 6.92 Å². The molecule has 26 heavy (non-hydrogen) atoms. The minimum Gasteiger partial charge on any atom is -0.447 e. The molecule has 0 aliphatic carbocycles. The Bertz CT molecular complexity index is 932. The van der Waals surface area contributed by atoms with Crippen molar-refractivity contribution in [1.29, 1.82) is 0 Å². The van der Waals surface area contributed by atoms with Crippen molar-refractivity contribution in [3.8, 4) is 0 Å². The van der Waals surface area contributed by atoms with Gasteiger partial charge in [0.25, 0.3) is 11.8 Å². The molecule has 0 unspecified atom stereocenters. The predicted octanol–water partition coefficient (Wildman–Crippen LogP) is 4.07. The Morgan fingerprint density at radius 1 is 1.15 bits per heavy atom. The number of oxazole rings is 1. The number of hydrogen-bond acceptors (Lipinski definition) is 6. The summed E-state index contributed by atoms with van der Waals surface area (Å²) in [6, 6.07) is 5.15. The van der Waals surface area contributed by atoms with E-state index in [2.05, 4.69) is 20.6 Å². The number of rotatable bonds is 5. The Labute approximate surface area is 154 Å². The Morgan fingerprint density at radius 3 is 2.65 bits per heavy atom. The van der Waals surface area contributed by atoms with Crippen molar-refractivity contribution in [2.45, 2.75) is 26.7 Å². The van der Waals surface area contributed by atoms with Crippen LogP contribution < -0.4 is 10.6 Å². The Hall–Kier alpha value is -3.00. The van der Waals surface area contributed by atoms with Gasteiger partial charge < -0.3 is 9.73 Å². The Balaban J connectivity index is 1.82. The van der Waals surface area contributed by atoms with E-state index < -0.39 is 0 Å². The van der Waals surface area contributed by atoms with Crippen LogP contribution in [0.5, 0.6) is 0 Å². The maximum atomic E-state index is 12.5. The molecule has 1 aromatic carbocycles. The highest BCUT2D eigenvalue weighted by Gasteiger charge is 2.21. The third-order valence-corrected chi connectivity index (χ3v) is 4.50. The van der Waals surface area contributed by atoms with E-state index in [9.17, 15) is 9.59 Å². The lowest BCUT2D eigenvalue weighted by Crippen LogP contribution is -2.18. The summed E-state index contributed by atoms with van der Waals surface area (Å²) in [5.41, 5.74) is 1.91. The molecule has 0 bridgehead atoms. The number of aromatic nitrogens is 2. The van der Waals surface area contributed by atoms with E-state index in [-0.39, 0.29) is 23.4 Å². The quantitative estimate of drug-likeness (QED) is 0.706. The molecule has 0 atom stereocenters. The molecule has 0 radical (unpaired) electrons. The first kappa shape index (κ1) is 17.8. The van der Waals surface area contributed by atoms with Crippen LogP contribution >= 0.6 is 11.3 Å². The van der Waals surface area contributed by atoms with Gasteiger partial charge in [0.05, 0.1) is 0 Å². The molecule has 134 valence electrons. The van der Waals surface area contributed by atoms with Gasteiger partial charge in [0, 0.05) is 28.7 Å². The number of anilines is 2. The van der Waals surface area contributed by atoms with E-state index in [4.69, 9.17) is 4.42 Å². The van der Waals surface area contributed by atoms with Crippen LogP contribution in [0.1, 0.15) is 51.9 Å². The SMILES string of the molecule is Cc1c(NC(=O)c2ncoc2C(C)C)cccc1C(=O)Nc1nccs1. The van der Waals surface area contributed by atoms with Crippen LogP contribution in [0.3, 0.4) is 0 Å². The molecule has 0 saturated heterocycles. The Morgan fingerprint density at radius 2 is 1.96 bits per heavy atom. The lowest BCUT2D eigenvalue weighted by atomic mass is 10.1. The largest absolute Gasteiger partial charge is 0.447 e. The van der Waals surface area contributed by atoms with E-state index in [0.29, 0.717) is 27.7 Å². The number of amides is 2. The summed E-state index contributed by atoms with van der Waals surface area (Å²) in [7, 11) is 0. The second kappa shape index (κ2) is 7.49. The van der Waals surface area contributed by atoms with Crippen LogP contribution in [0.25, 0.3) is 0 Å². The fourth-order valence-electron chi connectivity index (χ4n) is 2.48. The molecule has 0 aliphatic heterocycles. The zero-order valence-corrected chi connectivity index (χ0v) is 15.4. The fourth-order valence-corrected chi connectivity index (χ4v) is 3.01. The summed E-state index contributed by atoms with van der Waals surface area (Å²) in [6.07, 6.45) is 2.88. The molecule has 7 nitrogen and oxygen atoms in total. The summed E-state index contributed by atoms with van der Waals surface area (Å²) in [6.45, 7) is 5.62. The summed E-state index contributed by atoms with van der Waals surface area (Å²) >= 11 is 1.34. The molecule has 2 aromatic heterocycles. The highest BCUT2D eigenvalue weighted by molar-refractivity contribution is 7.13. The Kier molecular flexibility index (Phi) is 5.13. The average Bonchev–Trinajstić information content (AvgIpc) is 3.27. The molecule has 2 amide bonds. The van der Waals surface area contributed by atoms with E-state index in [1.807, 2.05) is 13.8 Å². The molecular weight excluding hydrogens is 352 g/mol. The maximum absolute atomic E-state index is 12.5. The smallest absolute Gasteiger partial charge is 0.277 e. The summed E-state index contributed by atoms with van der Waals surface area (Å²) in [5.74, 6) is -0.0894. The summed E-state index contributed by atoms with van der Waals surface area (Å²) in [4.78, 5) is 33.1. The van der Waals surface area contributed by atoms with Gasteiger partial charge in [0.2, 0.25) is 0 Å². The molecule has 0 spiro atoms. The van der Waals surface area contributed by atoms with Gasteiger partial charge in [-0.1, -0.05) is 19.9 Å². The first-order valence-corrected chi connectivity index (χ1v) is 8.90. The van der Waals surface area contributed by atoms with Crippen LogP contribution in [0.15, 0.2) is 40.6 Å². The second-order valence-corrected chi connectivity index (χ2v) is 6.84. The second-order valence-electron chi connectivity index (χ2n) is 5.94. The monoisotopic (exact) mass is 370 g/mol. The van der Waals surface area contributed by atoms with Crippen molar-refractivity contribution in [2.24, 2.45) is 0 Å². The number of thiazole rings is 1. The molecule has 0 saturated carbocycles. The van der Waals surface area contributed by atoms with Crippen molar-refractivity contribution < 1.29 is 14.0 Å². The first-order valence-electron chi connectivity index (χ1n) is 8.02. The number of benzene rings is 1. The molecule has 0 aliphatic rings. The van der Waals surface area contributed by atoms with Gasteiger partial charge in [0.1, 0.15) is 5.76 Å². The maximum Gasteiger partial charge on any atom is 0.277 e. The van der Waals surface area contributed by atoms with Crippen LogP contribution in [0.2, 0.25) is 0 Å². The number of hydrogen-bond donors (Lipinski definition) is 2. The third kappa shape index (κ3) is 3.65. The highest BCUT2D eigenvalue weighted by atomic mass is 32.1. The lowest BCUT2D eigenvalue weighted by molar-refractivity contribution is 0.101. The van der Waals surface area contributed by atoms with Crippen molar-refractivity contribution >= 4 is 34.0 Å². The van der Waals surface area contributed by atoms with Gasteiger partial charge >= 0.3 is 0 Å². The first-order chi connectivity index (χ1) is 12.5. The molecule has 2 N–H and O–H groups in total. The zero-order chi connectivity index (χ0) is 18.7. The number of carbonyl (C=O) groups excluding carboxylic acids is 2. The van der Waals surface area contributed by atoms with Gasteiger partial charge in [-0.2, -0.15) is 0 Å². The normalized spacial score (nSPS) is 10.8. The van der Waals surface area contributed by atoms with Gasteiger partial charge in [-0.25, -0.2) is 9.97 Å². The van der Waals surface area contributed by atoms with Crippen LogP contribution in [-0.4, -0.2) is 21.8 Å². The standard InChI is InChI=1S/C18H18N4O3S/c1-10(2)15-14(20-9-25-15)17(24)21-13-6-4-5-12(11(13)3)16(23)22-18-19-7-8-26-18/h4-10H,1-3H3,(H,21,24)(H,19,22,23). The molecule has 8 heteroatoms. The summed E-state index contributed by atoms with van der Waals surface area (Å²) in [5, 5.41) is 7.85. The van der Waals surface area contributed by atoms with Gasteiger partial charge in [-0.3, -0.25) is 14.9 Å². The van der Waals surface area contributed by atoms with Crippen LogP contribution in [-0.2, 0) is 0 Å². The molecular formula is C18H18N4O3S.